The number of carbonyl (C=O) groups is 1. The lowest BCUT2D eigenvalue weighted by Crippen LogP contribution is -2.60. The number of unbranched alkanes of at least 4 members (excludes halogenated alkanes) is 31. The molecule has 0 radical (unpaired) electrons. The van der Waals surface area contributed by atoms with Gasteiger partial charge in [0.05, 0.1) is 25.4 Å². The van der Waals surface area contributed by atoms with Crippen molar-refractivity contribution in [2.24, 2.45) is 0 Å². The minimum Gasteiger partial charge on any atom is -0.394 e. The van der Waals surface area contributed by atoms with Crippen molar-refractivity contribution in [3.05, 3.63) is 36.5 Å². The van der Waals surface area contributed by atoms with Crippen LogP contribution in [0.15, 0.2) is 36.5 Å². The lowest BCUT2D eigenvalue weighted by Gasteiger charge is -2.40. The van der Waals surface area contributed by atoms with E-state index in [2.05, 4.69) is 55.6 Å². The molecule has 0 aromatic carbocycles. The van der Waals surface area contributed by atoms with Crippen LogP contribution in [0.5, 0.6) is 0 Å². The average Bonchev–Trinajstić information content (AvgIpc) is 3.35. The number of aliphatic hydroxyl groups is 7. The standard InChI is InChI=1S/C58H109NO10/c1-3-5-7-9-11-13-15-17-19-20-21-22-23-24-25-26-27-28-29-30-31-32-34-35-37-39-41-43-45-50(61)53(63)49(48-68-58-56(66)55(65)54(64)52(47-60)69-58)59-57(67)51(62)46-44-42-40-38-36-33-18-16-14-12-10-8-6-4-2/h27-28,31-32,37,39,49-56,58,60-66H,3-26,29-30,33-36,38,40-48H2,1-2H3,(H,59,67)/b28-27+,32-31+,39-37+. The monoisotopic (exact) mass is 980 g/mol. The Morgan fingerprint density at radius 3 is 1.29 bits per heavy atom. The third-order valence-corrected chi connectivity index (χ3v) is 13.9. The number of hydrogen-bond acceptors (Lipinski definition) is 10. The Morgan fingerprint density at radius 1 is 0.493 bits per heavy atom. The van der Waals surface area contributed by atoms with Gasteiger partial charge in [0, 0.05) is 0 Å². The molecule has 0 spiro atoms. The van der Waals surface area contributed by atoms with E-state index in [9.17, 15) is 40.5 Å². The summed E-state index contributed by atoms with van der Waals surface area (Å²) in [7, 11) is 0. The topological polar surface area (TPSA) is 189 Å². The van der Waals surface area contributed by atoms with Gasteiger partial charge >= 0.3 is 0 Å². The molecule has 1 heterocycles. The first-order valence-corrected chi connectivity index (χ1v) is 28.9. The average molecular weight is 981 g/mol. The fourth-order valence-electron chi connectivity index (χ4n) is 9.18. The van der Waals surface area contributed by atoms with Crippen LogP contribution in [0, 0.1) is 0 Å². The van der Waals surface area contributed by atoms with Crippen LogP contribution in [0.4, 0.5) is 0 Å². The van der Waals surface area contributed by atoms with E-state index in [1.165, 1.54) is 167 Å². The summed E-state index contributed by atoms with van der Waals surface area (Å²) in [5.74, 6) is -0.711. The maximum absolute atomic E-state index is 13.1. The van der Waals surface area contributed by atoms with Crippen molar-refractivity contribution in [1.29, 1.82) is 0 Å². The summed E-state index contributed by atoms with van der Waals surface area (Å²) in [4.78, 5) is 13.1. The van der Waals surface area contributed by atoms with Crippen molar-refractivity contribution in [3.8, 4) is 0 Å². The van der Waals surface area contributed by atoms with Gasteiger partial charge in [-0.2, -0.15) is 0 Å². The quantitative estimate of drug-likeness (QED) is 0.0215. The lowest BCUT2D eigenvalue weighted by molar-refractivity contribution is -0.303. The summed E-state index contributed by atoms with van der Waals surface area (Å²) in [5.41, 5.74) is 0. The van der Waals surface area contributed by atoms with Crippen LogP contribution in [0.25, 0.3) is 0 Å². The van der Waals surface area contributed by atoms with E-state index in [1.54, 1.807) is 0 Å². The highest BCUT2D eigenvalue weighted by molar-refractivity contribution is 5.80. The number of allylic oxidation sites excluding steroid dienone is 6. The number of ether oxygens (including phenoxy) is 2. The zero-order valence-electron chi connectivity index (χ0n) is 44.3. The van der Waals surface area contributed by atoms with Gasteiger partial charge in [0.2, 0.25) is 5.91 Å². The van der Waals surface area contributed by atoms with E-state index >= 15 is 0 Å². The number of nitrogens with one attached hydrogen (secondary N) is 1. The molecule has 11 heteroatoms. The first-order valence-electron chi connectivity index (χ1n) is 28.9. The minimum absolute atomic E-state index is 0.242. The van der Waals surface area contributed by atoms with Crippen molar-refractivity contribution in [2.75, 3.05) is 13.2 Å². The molecule has 1 aliphatic heterocycles. The molecule has 0 aromatic heterocycles. The third-order valence-electron chi connectivity index (χ3n) is 13.9. The molecule has 1 aliphatic rings. The Bertz CT molecular complexity index is 1210. The predicted molar refractivity (Wildman–Crippen MR) is 284 cm³/mol. The van der Waals surface area contributed by atoms with Gasteiger partial charge in [-0.25, -0.2) is 0 Å². The van der Waals surface area contributed by atoms with Gasteiger partial charge < -0.3 is 50.5 Å². The van der Waals surface area contributed by atoms with Gasteiger partial charge in [0.25, 0.3) is 0 Å². The molecule has 0 bridgehead atoms. The Morgan fingerprint density at radius 2 is 0.870 bits per heavy atom. The van der Waals surface area contributed by atoms with Crippen LogP contribution in [-0.2, 0) is 14.3 Å². The first-order chi connectivity index (χ1) is 33.7. The van der Waals surface area contributed by atoms with Crippen molar-refractivity contribution in [1.82, 2.24) is 5.32 Å². The Labute approximate surface area is 422 Å². The normalized spacial score (nSPS) is 20.6. The SMILES string of the molecule is CCCCCCCCCCCCCCCCC/C=C/CC/C=C/CC/C=C/CCCC(O)C(O)C(COC1OC(CO)C(O)C(O)C1O)NC(=O)C(O)CCCCCCCCCCCCCCCC. The fraction of sp³-hybridized carbons (Fsp3) is 0.879. The molecule has 9 unspecified atom stereocenters. The summed E-state index contributed by atoms with van der Waals surface area (Å²) < 4.78 is 11.1. The van der Waals surface area contributed by atoms with Gasteiger partial charge in [0.15, 0.2) is 6.29 Å². The molecular weight excluding hydrogens is 871 g/mol. The van der Waals surface area contributed by atoms with Crippen molar-refractivity contribution >= 4 is 5.91 Å². The summed E-state index contributed by atoms with van der Waals surface area (Å²) in [6.45, 7) is 3.44. The van der Waals surface area contributed by atoms with Gasteiger partial charge in [-0.15, -0.1) is 0 Å². The van der Waals surface area contributed by atoms with E-state index in [0.29, 0.717) is 19.3 Å². The molecule has 0 aromatic rings. The second-order valence-electron chi connectivity index (χ2n) is 20.3. The third kappa shape index (κ3) is 36.0. The summed E-state index contributed by atoms with van der Waals surface area (Å²) >= 11 is 0. The first kappa shape index (κ1) is 65.3. The molecule has 1 rings (SSSR count). The molecule has 1 amide bonds. The molecule has 69 heavy (non-hydrogen) atoms. The number of carbonyl (C=O) groups excluding carboxylic acids is 1. The molecule has 406 valence electrons. The van der Waals surface area contributed by atoms with E-state index < -0.39 is 74.2 Å². The van der Waals surface area contributed by atoms with Crippen LogP contribution in [0.1, 0.15) is 258 Å². The summed E-state index contributed by atoms with van der Waals surface area (Å²) in [5, 5.41) is 76.0. The molecule has 8 N–H and O–H groups in total. The van der Waals surface area contributed by atoms with Crippen LogP contribution in [-0.4, -0.2) is 110 Å². The molecule has 1 fully saturated rings. The molecule has 0 aliphatic carbocycles. The second kappa shape index (κ2) is 47.3. The Balaban J connectivity index is 2.32. The lowest BCUT2D eigenvalue weighted by atomic mass is 9.98. The van der Waals surface area contributed by atoms with Gasteiger partial charge in [-0.1, -0.05) is 230 Å². The van der Waals surface area contributed by atoms with E-state index in [-0.39, 0.29) is 12.8 Å². The van der Waals surface area contributed by atoms with Crippen LogP contribution >= 0.6 is 0 Å². The Kier molecular flexibility index (Phi) is 44.8. The molecule has 1 saturated heterocycles. The number of amides is 1. The molecular formula is C58H109NO10. The van der Waals surface area contributed by atoms with Crippen LogP contribution in [0.3, 0.4) is 0 Å². The summed E-state index contributed by atoms with van der Waals surface area (Å²) in [6, 6.07) is -1.19. The van der Waals surface area contributed by atoms with Gasteiger partial charge in [-0.05, 0) is 64.2 Å². The number of rotatable bonds is 49. The highest BCUT2D eigenvalue weighted by atomic mass is 16.7. The van der Waals surface area contributed by atoms with Crippen molar-refractivity contribution < 1.29 is 50.0 Å². The molecule has 11 nitrogen and oxygen atoms in total. The number of hydrogen-bond donors (Lipinski definition) is 8. The van der Waals surface area contributed by atoms with Gasteiger partial charge in [-0.3, -0.25) is 4.79 Å². The zero-order chi connectivity index (χ0) is 50.4. The predicted octanol–water partition coefficient (Wildman–Crippen LogP) is 11.9. The van der Waals surface area contributed by atoms with Crippen LogP contribution < -0.4 is 5.32 Å². The van der Waals surface area contributed by atoms with Crippen LogP contribution in [0.2, 0.25) is 0 Å². The van der Waals surface area contributed by atoms with Crippen molar-refractivity contribution in [3.63, 3.8) is 0 Å². The van der Waals surface area contributed by atoms with E-state index in [4.69, 9.17) is 9.47 Å². The molecule has 9 atom stereocenters. The minimum atomic E-state index is -1.67. The van der Waals surface area contributed by atoms with Crippen molar-refractivity contribution in [2.45, 2.75) is 313 Å². The van der Waals surface area contributed by atoms with E-state index in [0.717, 1.165) is 44.9 Å². The molecule has 0 saturated carbocycles. The maximum Gasteiger partial charge on any atom is 0.249 e. The zero-order valence-corrected chi connectivity index (χ0v) is 44.3. The Hall–Kier alpha value is -1.67. The number of aliphatic hydroxyl groups excluding tert-OH is 7. The maximum atomic E-state index is 13.1. The summed E-state index contributed by atoms with van der Waals surface area (Å²) in [6.07, 6.45) is 46.4. The second-order valence-corrected chi connectivity index (χ2v) is 20.3. The highest BCUT2D eigenvalue weighted by Gasteiger charge is 2.44. The van der Waals surface area contributed by atoms with Gasteiger partial charge in [0.1, 0.15) is 36.6 Å². The highest BCUT2D eigenvalue weighted by Crippen LogP contribution is 2.23. The fourth-order valence-corrected chi connectivity index (χ4v) is 9.18. The largest absolute Gasteiger partial charge is 0.394 e. The smallest absolute Gasteiger partial charge is 0.249 e. The van der Waals surface area contributed by atoms with E-state index in [1.807, 2.05) is 0 Å².